The third-order valence-electron chi connectivity index (χ3n) is 6.64. The van der Waals surface area contributed by atoms with E-state index in [-0.39, 0.29) is 34.8 Å². The number of nitrogens with zero attached hydrogens (tertiary/aromatic N) is 4. The van der Waals surface area contributed by atoms with E-state index in [0.717, 1.165) is 12.3 Å². The molecule has 0 bridgehead atoms. The highest BCUT2D eigenvalue weighted by Gasteiger charge is 2.53. The van der Waals surface area contributed by atoms with Gasteiger partial charge in [0.05, 0.1) is 41.5 Å². The van der Waals surface area contributed by atoms with Gasteiger partial charge in [-0.1, -0.05) is 0 Å². The maximum Gasteiger partial charge on any atom is 0.417 e. The standard InChI is InChI=1S/C22H28F3N5O3S/c1-13(2)34(31,32)21(5-4-6-21)18-10-17(15-11-27-19(26)9-16(15)22(23,24)25)28-20(29-18)30-7-8-33-12-14(30)3/h9-11,13-14H,4-8,12H2,1-3H3,(H2,26,27). The van der Waals surface area contributed by atoms with Gasteiger partial charge in [-0.3, -0.25) is 0 Å². The minimum absolute atomic E-state index is 0.0382. The van der Waals surface area contributed by atoms with Crippen LogP contribution in [0.5, 0.6) is 0 Å². The number of halogens is 3. The summed E-state index contributed by atoms with van der Waals surface area (Å²) in [6.07, 6.45) is -2.28. The van der Waals surface area contributed by atoms with Crippen LogP contribution in [-0.2, 0) is 25.5 Å². The Bertz CT molecular complexity index is 1180. The van der Waals surface area contributed by atoms with Crippen LogP contribution in [0.4, 0.5) is 24.9 Å². The highest BCUT2D eigenvalue weighted by Crippen LogP contribution is 2.50. The van der Waals surface area contributed by atoms with Gasteiger partial charge in [0.1, 0.15) is 10.6 Å². The van der Waals surface area contributed by atoms with E-state index in [2.05, 4.69) is 15.0 Å². The summed E-state index contributed by atoms with van der Waals surface area (Å²) in [6, 6.07) is 2.00. The largest absolute Gasteiger partial charge is 0.417 e. The van der Waals surface area contributed by atoms with Gasteiger partial charge in [0, 0.05) is 18.3 Å². The first-order chi connectivity index (χ1) is 15.9. The minimum atomic E-state index is -4.71. The van der Waals surface area contributed by atoms with Gasteiger partial charge in [0.15, 0.2) is 9.84 Å². The molecule has 2 aromatic rings. The molecule has 8 nitrogen and oxygen atoms in total. The zero-order valence-corrected chi connectivity index (χ0v) is 20.1. The second kappa shape index (κ2) is 8.63. The average molecular weight is 500 g/mol. The van der Waals surface area contributed by atoms with E-state index in [4.69, 9.17) is 10.5 Å². The van der Waals surface area contributed by atoms with Crippen molar-refractivity contribution in [1.82, 2.24) is 15.0 Å². The fraction of sp³-hybridized carbons (Fsp3) is 0.591. The van der Waals surface area contributed by atoms with Crippen LogP contribution in [0.2, 0.25) is 0 Å². The summed E-state index contributed by atoms with van der Waals surface area (Å²) >= 11 is 0. The molecule has 1 atom stereocenters. The number of nitrogen functional groups attached to an aromatic ring is 1. The van der Waals surface area contributed by atoms with Crippen molar-refractivity contribution in [1.29, 1.82) is 0 Å². The number of rotatable bonds is 5. The van der Waals surface area contributed by atoms with Crippen molar-refractivity contribution >= 4 is 21.6 Å². The number of alkyl halides is 3. The predicted molar refractivity (Wildman–Crippen MR) is 122 cm³/mol. The number of ether oxygens (including phenoxy) is 1. The number of aromatic nitrogens is 3. The van der Waals surface area contributed by atoms with Crippen molar-refractivity contribution < 1.29 is 26.3 Å². The number of hydrogen-bond acceptors (Lipinski definition) is 8. The Morgan fingerprint density at radius 2 is 1.94 bits per heavy atom. The fourth-order valence-electron chi connectivity index (χ4n) is 4.50. The van der Waals surface area contributed by atoms with E-state index < -0.39 is 31.6 Å². The van der Waals surface area contributed by atoms with Crippen LogP contribution >= 0.6 is 0 Å². The molecule has 1 saturated carbocycles. The quantitative estimate of drug-likeness (QED) is 0.665. The van der Waals surface area contributed by atoms with Crippen molar-refractivity contribution in [3.05, 3.63) is 29.6 Å². The summed E-state index contributed by atoms with van der Waals surface area (Å²) in [7, 11) is -3.65. The Morgan fingerprint density at radius 1 is 1.24 bits per heavy atom. The first kappa shape index (κ1) is 24.6. The second-order valence-electron chi connectivity index (χ2n) is 9.15. The molecule has 0 amide bonds. The molecule has 1 saturated heterocycles. The van der Waals surface area contributed by atoms with Crippen LogP contribution in [0, 0.1) is 0 Å². The Labute approximate surface area is 196 Å². The topological polar surface area (TPSA) is 111 Å². The fourth-order valence-corrected chi connectivity index (χ4v) is 6.66. The van der Waals surface area contributed by atoms with E-state index in [1.165, 1.54) is 6.07 Å². The number of hydrogen-bond donors (Lipinski definition) is 1. The summed E-state index contributed by atoms with van der Waals surface area (Å²) in [5, 5.41) is -0.666. The van der Waals surface area contributed by atoms with Gasteiger partial charge >= 0.3 is 6.18 Å². The molecular formula is C22H28F3N5O3S. The van der Waals surface area contributed by atoms with Gasteiger partial charge in [-0.15, -0.1) is 0 Å². The van der Waals surface area contributed by atoms with E-state index >= 15 is 0 Å². The number of morpholine rings is 1. The second-order valence-corrected chi connectivity index (χ2v) is 12.0. The van der Waals surface area contributed by atoms with Crippen molar-refractivity contribution in [3.63, 3.8) is 0 Å². The van der Waals surface area contributed by atoms with Crippen LogP contribution in [0.15, 0.2) is 18.3 Å². The molecule has 186 valence electrons. The summed E-state index contributed by atoms with van der Waals surface area (Å²) in [4.78, 5) is 14.8. The minimum Gasteiger partial charge on any atom is -0.384 e. The van der Waals surface area contributed by atoms with Crippen molar-refractivity contribution in [2.75, 3.05) is 30.4 Å². The van der Waals surface area contributed by atoms with E-state index in [0.29, 0.717) is 39.0 Å². The molecule has 2 aliphatic rings. The number of nitrogens with two attached hydrogens (primary N) is 1. The Kier molecular flexibility index (Phi) is 6.26. The predicted octanol–water partition coefficient (Wildman–Crippen LogP) is 3.57. The van der Waals surface area contributed by atoms with Crippen LogP contribution in [0.3, 0.4) is 0 Å². The molecule has 34 heavy (non-hydrogen) atoms. The molecule has 2 aromatic heterocycles. The van der Waals surface area contributed by atoms with Crippen LogP contribution < -0.4 is 10.6 Å². The van der Waals surface area contributed by atoms with Gasteiger partial charge in [-0.2, -0.15) is 13.2 Å². The third kappa shape index (κ3) is 4.10. The SMILES string of the molecule is CC1COCCN1c1nc(-c2cnc(N)cc2C(F)(F)F)cc(C2(S(=O)(=O)C(C)C)CCC2)n1. The van der Waals surface area contributed by atoms with Crippen molar-refractivity contribution in [2.45, 2.75) is 62.2 Å². The number of anilines is 2. The third-order valence-corrected chi connectivity index (χ3v) is 9.59. The molecular weight excluding hydrogens is 471 g/mol. The summed E-state index contributed by atoms with van der Waals surface area (Å²) < 4.78 is 72.7. The van der Waals surface area contributed by atoms with Crippen molar-refractivity contribution in [2.24, 2.45) is 0 Å². The van der Waals surface area contributed by atoms with Gasteiger partial charge in [-0.25, -0.2) is 23.4 Å². The van der Waals surface area contributed by atoms with E-state index in [1.807, 2.05) is 11.8 Å². The zero-order valence-electron chi connectivity index (χ0n) is 19.3. The molecule has 4 rings (SSSR count). The Morgan fingerprint density at radius 3 is 2.50 bits per heavy atom. The first-order valence-electron chi connectivity index (χ1n) is 11.2. The molecule has 0 radical (unpaired) electrons. The van der Waals surface area contributed by atoms with Gasteiger partial charge in [0.25, 0.3) is 0 Å². The van der Waals surface area contributed by atoms with Gasteiger partial charge in [0.2, 0.25) is 5.95 Å². The van der Waals surface area contributed by atoms with Crippen LogP contribution in [0.1, 0.15) is 51.3 Å². The monoisotopic (exact) mass is 499 g/mol. The highest BCUT2D eigenvalue weighted by molar-refractivity contribution is 7.93. The average Bonchev–Trinajstić information content (AvgIpc) is 2.72. The first-order valence-corrected chi connectivity index (χ1v) is 12.7. The van der Waals surface area contributed by atoms with Crippen LogP contribution in [0.25, 0.3) is 11.3 Å². The molecule has 1 aliphatic carbocycles. The molecule has 2 N–H and O–H groups in total. The maximum absolute atomic E-state index is 13.9. The maximum atomic E-state index is 13.9. The number of sulfone groups is 1. The molecule has 1 unspecified atom stereocenters. The Hall–Kier alpha value is -2.47. The van der Waals surface area contributed by atoms with E-state index in [1.54, 1.807) is 13.8 Å². The lowest BCUT2D eigenvalue weighted by Crippen LogP contribution is -2.48. The Balaban J connectivity index is 1.97. The molecule has 1 aliphatic heterocycles. The summed E-state index contributed by atoms with van der Waals surface area (Å²) in [5.41, 5.74) is 4.46. The van der Waals surface area contributed by atoms with E-state index in [9.17, 15) is 21.6 Å². The highest BCUT2D eigenvalue weighted by atomic mass is 32.2. The lowest BCUT2D eigenvalue weighted by atomic mass is 9.81. The molecule has 2 fully saturated rings. The molecule has 0 spiro atoms. The zero-order chi connectivity index (χ0) is 24.9. The summed E-state index contributed by atoms with van der Waals surface area (Å²) in [5.74, 6) is -0.0938. The van der Waals surface area contributed by atoms with Gasteiger partial charge in [-0.05, 0) is 52.2 Å². The molecule has 12 heteroatoms. The number of pyridine rings is 1. The van der Waals surface area contributed by atoms with Crippen molar-refractivity contribution in [3.8, 4) is 11.3 Å². The normalized spacial score (nSPS) is 20.9. The molecule has 0 aromatic carbocycles. The summed E-state index contributed by atoms with van der Waals surface area (Å²) in [6.45, 7) is 6.34. The smallest absolute Gasteiger partial charge is 0.384 e. The van der Waals surface area contributed by atoms with Gasteiger partial charge < -0.3 is 15.4 Å². The van der Waals surface area contributed by atoms with Crippen LogP contribution in [-0.4, -0.2) is 54.4 Å². The lowest BCUT2D eigenvalue weighted by Gasteiger charge is -2.42. The lowest BCUT2D eigenvalue weighted by molar-refractivity contribution is -0.137. The molecule has 3 heterocycles.